The minimum atomic E-state index is -0.392. The summed E-state index contributed by atoms with van der Waals surface area (Å²) >= 11 is 1.50. The molecule has 25 heavy (non-hydrogen) atoms. The van der Waals surface area contributed by atoms with Crippen LogP contribution in [0.15, 0.2) is 59.5 Å². The van der Waals surface area contributed by atoms with E-state index in [4.69, 9.17) is 4.74 Å². The molecule has 2 aromatic carbocycles. The summed E-state index contributed by atoms with van der Waals surface area (Å²) in [6, 6.07) is 17.5. The molecule has 0 saturated heterocycles. The Morgan fingerprint density at radius 2 is 1.88 bits per heavy atom. The van der Waals surface area contributed by atoms with Crippen LogP contribution in [0.5, 0.6) is 0 Å². The minimum absolute atomic E-state index is 0.0501. The third kappa shape index (κ3) is 4.33. The molecule has 1 amide bonds. The smallest absolute Gasteiger partial charge is 0.326 e. The van der Waals surface area contributed by atoms with Crippen LogP contribution in [-0.2, 0) is 14.3 Å². The zero-order valence-corrected chi connectivity index (χ0v) is 14.9. The highest BCUT2D eigenvalue weighted by Gasteiger charge is 2.26. The fourth-order valence-electron chi connectivity index (χ4n) is 2.61. The number of likely N-dealkylation sites (N-methyl/N-ethyl adjacent to an activating group) is 1. The minimum Gasteiger partial charge on any atom is -0.462 e. The van der Waals surface area contributed by atoms with Crippen LogP contribution in [0.3, 0.4) is 0 Å². The Kier molecular flexibility index (Phi) is 5.60. The second-order valence-electron chi connectivity index (χ2n) is 5.71. The lowest BCUT2D eigenvalue weighted by Crippen LogP contribution is -2.40. The summed E-state index contributed by atoms with van der Waals surface area (Å²) in [4.78, 5) is 28.8. The van der Waals surface area contributed by atoms with Gasteiger partial charge < -0.3 is 9.64 Å². The van der Waals surface area contributed by atoms with E-state index < -0.39 is 5.97 Å². The number of thioether (sulfide) groups is 1. The van der Waals surface area contributed by atoms with Crippen molar-refractivity contribution in [3.63, 3.8) is 0 Å². The van der Waals surface area contributed by atoms with E-state index in [1.807, 2.05) is 66.5 Å². The van der Waals surface area contributed by atoms with Crippen molar-refractivity contribution in [1.82, 2.24) is 0 Å². The highest BCUT2D eigenvalue weighted by Crippen LogP contribution is 2.34. The fraction of sp³-hybridized carbons (Fsp3) is 0.263. The number of nitrogens with zero attached hydrogens (tertiary/aromatic N) is 2. The molecule has 0 atom stereocenters. The number of carbonyl (C=O) groups is 2. The van der Waals surface area contributed by atoms with Crippen LogP contribution < -0.4 is 9.80 Å². The summed E-state index contributed by atoms with van der Waals surface area (Å²) in [5.74, 6) is -0.111. The van der Waals surface area contributed by atoms with Crippen LogP contribution in [0.25, 0.3) is 0 Å². The number of fused-ring (bicyclic) bond motifs is 1. The Morgan fingerprint density at radius 1 is 1.16 bits per heavy atom. The molecule has 0 spiro atoms. The number of benzene rings is 2. The van der Waals surface area contributed by atoms with Crippen molar-refractivity contribution < 1.29 is 14.3 Å². The zero-order valence-electron chi connectivity index (χ0n) is 14.1. The number of carbonyl (C=O) groups excluding carboxylic acids is 2. The maximum absolute atomic E-state index is 12.1. The monoisotopic (exact) mass is 356 g/mol. The fourth-order valence-corrected chi connectivity index (χ4v) is 3.55. The van der Waals surface area contributed by atoms with Crippen molar-refractivity contribution in [1.29, 1.82) is 0 Å². The van der Waals surface area contributed by atoms with Crippen LogP contribution in [0.4, 0.5) is 11.4 Å². The molecular formula is C19H20N2O3S. The molecule has 0 bridgehead atoms. The second-order valence-corrected chi connectivity index (χ2v) is 6.73. The Labute approximate surface area is 151 Å². The molecule has 1 aliphatic rings. The standard InChI is InChI=1S/C19H20N2O3S/c1-20(15-7-3-2-4-8-15)11-12-24-19(23)13-21-16-9-5-6-10-17(16)25-14-18(21)22/h2-10H,11-14H2,1H3. The first-order valence-corrected chi connectivity index (χ1v) is 9.08. The van der Waals surface area contributed by atoms with Gasteiger partial charge in [-0.3, -0.25) is 14.5 Å². The molecule has 6 heteroatoms. The van der Waals surface area contributed by atoms with Crippen molar-refractivity contribution in [2.75, 3.05) is 42.3 Å². The van der Waals surface area contributed by atoms with Crippen LogP contribution in [0.2, 0.25) is 0 Å². The molecule has 0 aromatic heterocycles. The molecular weight excluding hydrogens is 336 g/mol. The summed E-state index contributed by atoms with van der Waals surface area (Å²) in [6.07, 6.45) is 0. The van der Waals surface area contributed by atoms with Gasteiger partial charge in [-0.1, -0.05) is 30.3 Å². The second kappa shape index (κ2) is 8.07. The summed E-state index contributed by atoms with van der Waals surface area (Å²) < 4.78 is 5.32. The van der Waals surface area contributed by atoms with E-state index in [0.29, 0.717) is 12.3 Å². The lowest BCUT2D eigenvalue weighted by atomic mass is 10.2. The molecule has 0 N–H and O–H groups in total. The molecule has 3 rings (SSSR count). The first kappa shape index (κ1) is 17.4. The van der Waals surface area contributed by atoms with Crippen LogP contribution in [0, 0.1) is 0 Å². The van der Waals surface area contributed by atoms with Gasteiger partial charge in [0.15, 0.2) is 0 Å². The highest BCUT2D eigenvalue weighted by atomic mass is 32.2. The molecule has 1 aliphatic heterocycles. The number of hydrogen-bond donors (Lipinski definition) is 0. The molecule has 0 unspecified atom stereocenters. The normalized spacial score (nSPS) is 13.3. The van der Waals surface area contributed by atoms with E-state index in [0.717, 1.165) is 16.3 Å². The zero-order chi connectivity index (χ0) is 17.6. The average molecular weight is 356 g/mol. The van der Waals surface area contributed by atoms with Crippen LogP contribution >= 0.6 is 11.8 Å². The van der Waals surface area contributed by atoms with Gasteiger partial charge in [-0.15, -0.1) is 11.8 Å². The predicted molar refractivity (Wildman–Crippen MR) is 100 cm³/mol. The summed E-state index contributed by atoms with van der Waals surface area (Å²) in [6.45, 7) is 0.824. The average Bonchev–Trinajstić information content (AvgIpc) is 2.65. The van der Waals surface area contributed by atoms with Gasteiger partial charge in [0.05, 0.1) is 18.0 Å². The third-order valence-electron chi connectivity index (χ3n) is 3.98. The van der Waals surface area contributed by atoms with Crippen LogP contribution in [0.1, 0.15) is 0 Å². The number of para-hydroxylation sites is 2. The lowest BCUT2D eigenvalue weighted by molar-refractivity contribution is -0.142. The molecule has 0 saturated carbocycles. The molecule has 0 radical (unpaired) electrons. The quantitative estimate of drug-likeness (QED) is 0.745. The first-order valence-electron chi connectivity index (χ1n) is 8.09. The Balaban J connectivity index is 1.52. The van der Waals surface area contributed by atoms with Gasteiger partial charge in [0.1, 0.15) is 13.2 Å². The largest absolute Gasteiger partial charge is 0.462 e. The van der Waals surface area contributed by atoms with Gasteiger partial charge in [-0.2, -0.15) is 0 Å². The number of amides is 1. The van der Waals surface area contributed by atoms with Crippen molar-refractivity contribution in [2.24, 2.45) is 0 Å². The topological polar surface area (TPSA) is 49.9 Å². The lowest BCUT2D eigenvalue weighted by Gasteiger charge is -2.28. The molecule has 1 heterocycles. The van der Waals surface area contributed by atoms with E-state index in [-0.39, 0.29) is 19.1 Å². The van der Waals surface area contributed by atoms with Gasteiger partial charge >= 0.3 is 5.97 Å². The van der Waals surface area contributed by atoms with Gasteiger partial charge in [0.25, 0.3) is 0 Å². The van der Waals surface area contributed by atoms with E-state index in [1.54, 1.807) is 0 Å². The van der Waals surface area contributed by atoms with Crippen molar-refractivity contribution in [3.05, 3.63) is 54.6 Å². The predicted octanol–water partition coefficient (Wildman–Crippen LogP) is 2.80. The van der Waals surface area contributed by atoms with Gasteiger partial charge in [-0.05, 0) is 24.3 Å². The summed E-state index contributed by atoms with van der Waals surface area (Å²) in [7, 11) is 1.95. The molecule has 5 nitrogen and oxygen atoms in total. The van der Waals surface area contributed by atoms with Crippen molar-refractivity contribution in [2.45, 2.75) is 4.90 Å². The maximum atomic E-state index is 12.1. The first-order chi connectivity index (χ1) is 12.1. The number of rotatable bonds is 6. The SMILES string of the molecule is CN(CCOC(=O)CN1C(=O)CSc2ccccc21)c1ccccc1. The Hall–Kier alpha value is -2.47. The van der Waals surface area contributed by atoms with Crippen LogP contribution in [-0.4, -0.2) is 44.4 Å². The molecule has 0 fully saturated rings. The Bertz CT molecular complexity index is 751. The summed E-state index contributed by atoms with van der Waals surface area (Å²) in [5.41, 5.74) is 1.85. The maximum Gasteiger partial charge on any atom is 0.326 e. The molecule has 130 valence electrons. The van der Waals surface area contributed by atoms with Gasteiger partial charge in [-0.25, -0.2) is 0 Å². The van der Waals surface area contributed by atoms with E-state index in [2.05, 4.69) is 0 Å². The number of hydrogen-bond acceptors (Lipinski definition) is 5. The van der Waals surface area contributed by atoms with E-state index >= 15 is 0 Å². The van der Waals surface area contributed by atoms with Gasteiger partial charge in [0, 0.05) is 17.6 Å². The molecule has 0 aliphatic carbocycles. The summed E-state index contributed by atoms with van der Waals surface area (Å²) in [5, 5.41) is 0. The molecule has 2 aromatic rings. The number of esters is 1. The number of anilines is 2. The third-order valence-corrected chi connectivity index (χ3v) is 5.03. The number of ether oxygens (including phenoxy) is 1. The Morgan fingerprint density at radius 3 is 2.68 bits per heavy atom. The van der Waals surface area contributed by atoms with E-state index in [9.17, 15) is 9.59 Å². The van der Waals surface area contributed by atoms with Crippen molar-refractivity contribution in [3.8, 4) is 0 Å². The van der Waals surface area contributed by atoms with E-state index in [1.165, 1.54) is 16.7 Å². The van der Waals surface area contributed by atoms with Gasteiger partial charge in [0.2, 0.25) is 5.91 Å². The highest BCUT2D eigenvalue weighted by molar-refractivity contribution is 8.00. The van der Waals surface area contributed by atoms with Crippen molar-refractivity contribution >= 4 is 35.0 Å².